The highest BCUT2D eigenvalue weighted by Crippen LogP contribution is 2.29. The monoisotopic (exact) mass is 350 g/mol. The SMILES string of the molecule is CC(=O)NCc1nc(-c2ccc3[nH]nc(-c4ccc(F)cc4)c3c2)n[nH]1. The maximum absolute atomic E-state index is 13.2. The summed E-state index contributed by atoms with van der Waals surface area (Å²) in [4.78, 5) is 15.4. The van der Waals surface area contributed by atoms with Crippen molar-refractivity contribution in [1.82, 2.24) is 30.7 Å². The van der Waals surface area contributed by atoms with Crippen molar-refractivity contribution >= 4 is 16.8 Å². The number of carbonyl (C=O) groups excluding carboxylic acids is 1. The maximum atomic E-state index is 13.2. The number of halogens is 1. The van der Waals surface area contributed by atoms with Gasteiger partial charge in [-0.05, 0) is 42.5 Å². The predicted octanol–water partition coefficient (Wildman–Crippen LogP) is 2.79. The van der Waals surface area contributed by atoms with Gasteiger partial charge in [0.25, 0.3) is 0 Å². The minimum Gasteiger partial charge on any atom is -0.349 e. The highest BCUT2D eigenvalue weighted by molar-refractivity contribution is 5.95. The second-order valence-electron chi connectivity index (χ2n) is 5.85. The van der Waals surface area contributed by atoms with Crippen LogP contribution in [0.1, 0.15) is 12.7 Å². The number of aromatic nitrogens is 5. The molecule has 2 aromatic heterocycles. The Morgan fingerprint density at radius 2 is 1.85 bits per heavy atom. The summed E-state index contributed by atoms with van der Waals surface area (Å²) in [5.74, 6) is 0.674. The molecule has 26 heavy (non-hydrogen) atoms. The third kappa shape index (κ3) is 3.04. The number of carbonyl (C=O) groups is 1. The van der Waals surface area contributed by atoms with Crippen molar-refractivity contribution in [2.24, 2.45) is 0 Å². The second-order valence-corrected chi connectivity index (χ2v) is 5.85. The predicted molar refractivity (Wildman–Crippen MR) is 94.4 cm³/mol. The fraction of sp³-hybridized carbons (Fsp3) is 0.111. The number of hydrogen-bond donors (Lipinski definition) is 3. The zero-order valence-electron chi connectivity index (χ0n) is 13.9. The van der Waals surface area contributed by atoms with E-state index in [1.165, 1.54) is 19.1 Å². The quantitative estimate of drug-likeness (QED) is 0.527. The number of hydrogen-bond acceptors (Lipinski definition) is 4. The Labute approximate surface area is 147 Å². The molecule has 0 saturated heterocycles. The molecule has 0 aliphatic rings. The lowest BCUT2D eigenvalue weighted by atomic mass is 10.1. The van der Waals surface area contributed by atoms with Crippen LogP contribution in [0.3, 0.4) is 0 Å². The van der Waals surface area contributed by atoms with E-state index in [1.54, 1.807) is 12.1 Å². The molecule has 4 rings (SSSR count). The maximum Gasteiger partial charge on any atom is 0.217 e. The van der Waals surface area contributed by atoms with Gasteiger partial charge in [0, 0.05) is 23.4 Å². The molecule has 2 aromatic carbocycles. The highest BCUT2D eigenvalue weighted by atomic mass is 19.1. The van der Waals surface area contributed by atoms with Crippen LogP contribution in [0, 0.1) is 5.82 Å². The van der Waals surface area contributed by atoms with Crippen molar-refractivity contribution in [3.05, 3.63) is 54.1 Å². The Kier molecular flexibility index (Phi) is 3.92. The van der Waals surface area contributed by atoms with Gasteiger partial charge in [-0.15, -0.1) is 0 Å². The molecule has 130 valence electrons. The summed E-state index contributed by atoms with van der Waals surface area (Å²) in [5, 5.41) is 17.9. The first-order valence-corrected chi connectivity index (χ1v) is 8.00. The van der Waals surface area contributed by atoms with Gasteiger partial charge < -0.3 is 5.32 Å². The molecule has 0 saturated carbocycles. The topological polar surface area (TPSA) is 99.3 Å². The van der Waals surface area contributed by atoms with E-state index in [0.29, 0.717) is 11.6 Å². The van der Waals surface area contributed by atoms with Crippen molar-refractivity contribution in [3.8, 4) is 22.6 Å². The van der Waals surface area contributed by atoms with Crippen molar-refractivity contribution in [1.29, 1.82) is 0 Å². The summed E-state index contributed by atoms with van der Waals surface area (Å²) < 4.78 is 13.2. The van der Waals surface area contributed by atoms with Crippen molar-refractivity contribution in [3.63, 3.8) is 0 Å². The first-order valence-electron chi connectivity index (χ1n) is 8.00. The van der Waals surface area contributed by atoms with E-state index in [1.807, 2.05) is 18.2 Å². The summed E-state index contributed by atoms with van der Waals surface area (Å²) >= 11 is 0. The normalized spacial score (nSPS) is 11.0. The van der Waals surface area contributed by atoms with Crippen molar-refractivity contribution < 1.29 is 9.18 Å². The minimum absolute atomic E-state index is 0.133. The lowest BCUT2D eigenvalue weighted by Gasteiger charge is -2.00. The van der Waals surface area contributed by atoms with Gasteiger partial charge in [0.1, 0.15) is 11.6 Å². The van der Waals surface area contributed by atoms with Crippen molar-refractivity contribution in [2.45, 2.75) is 13.5 Å². The largest absolute Gasteiger partial charge is 0.349 e. The first kappa shape index (κ1) is 15.9. The average Bonchev–Trinajstić information content (AvgIpc) is 3.27. The zero-order valence-corrected chi connectivity index (χ0v) is 13.9. The smallest absolute Gasteiger partial charge is 0.217 e. The number of aromatic amines is 2. The molecule has 7 nitrogen and oxygen atoms in total. The number of nitrogens with zero attached hydrogens (tertiary/aromatic N) is 3. The standard InChI is InChI=1S/C18H15FN6O/c1-10(26)20-9-16-21-18(25-23-16)12-4-7-15-14(8-12)17(24-22-15)11-2-5-13(19)6-3-11/h2-8H,9H2,1H3,(H,20,26)(H,22,24)(H,21,23,25). The van der Waals surface area contributed by atoms with Crippen LogP contribution in [0.25, 0.3) is 33.5 Å². The molecule has 4 aromatic rings. The fourth-order valence-electron chi connectivity index (χ4n) is 2.69. The van der Waals surface area contributed by atoms with Gasteiger partial charge in [-0.25, -0.2) is 9.37 Å². The minimum atomic E-state index is -0.290. The van der Waals surface area contributed by atoms with Gasteiger partial charge >= 0.3 is 0 Å². The van der Waals surface area contributed by atoms with E-state index >= 15 is 0 Å². The molecular weight excluding hydrogens is 335 g/mol. The van der Waals surface area contributed by atoms with Gasteiger partial charge in [-0.2, -0.15) is 10.2 Å². The fourth-order valence-corrected chi connectivity index (χ4v) is 2.69. The number of H-pyrrole nitrogens is 2. The number of nitrogens with one attached hydrogen (secondary N) is 3. The van der Waals surface area contributed by atoms with Gasteiger partial charge in [0.05, 0.1) is 17.8 Å². The molecule has 0 aliphatic carbocycles. The van der Waals surface area contributed by atoms with E-state index in [9.17, 15) is 9.18 Å². The zero-order chi connectivity index (χ0) is 18.1. The Hall–Kier alpha value is -3.55. The Morgan fingerprint density at radius 3 is 2.62 bits per heavy atom. The van der Waals surface area contributed by atoms with Crippen LogP contribution in [0.2, 0.25) is 0 Å². The summed E-state index contributed by atoms with van der Waals surface area (Å²) in [6.45, 7) is 1.73. The summed E-state index contributed by atoms with van der Waals surface area (Å²) in [6, 6.07) is 11.9. The molecule has 2 heterocycles. The molecule has 0 atom stereocenters. The Morgan fingerprint density at radius 1 is 1.08 bits per heavy atom. The van der Waals surface area contributed by atoms with Gasteiger partial charge in [-0.3, -0.25) is 15.0 Å². The molecule has 0 bridgehead atoms. The summed E-state index contributed by atoms with van der Waals surface area (Å²) in [6.07, 6.45) is 0. The van der Waals surface area contributed by atoms with Crippen LogP contribution >= 0.6 is 0 Å². The molecule has 8 heteroatoms. The second kappa shape index (κ2) is 6.40. The molecular formula is C18H15FN6O. The van der Waals surface area contributed by atoms with Crippen LogP contribution in [0.5, 0.6) is 0 Å². The molecule has 0 radical (unpaired) electrons. The van der Waals surface area contributed by atoms with Crippen LogP contribution in [-0.4, -0.2) is 31.3 Å². The van der Waals surface area contributed by atoms with E-state index in [0.717, 1.165) is 27.7 Å². The number of rotatable bonds is 4. The van der Waals surface area contributed by atoms with Crippen molar-refractivity contribution in [2.75, 3.05) is 0 Å². The lowest BCUT2D eigenvalue weighted by molar-refractivity contribution is -0.119. The molecule has 0 spiro atoms. The molecule has 0 unspecified atom stereocenters. The van der Waals surface area contributed by atoms with E-state index in [2.05, 4.69) is 30.7 Å². The molecule has 3 N–H and O–H groups in total. The number of fused-ring (bicyclic) bond motifs is 1. The number of benzene rings is 2. The Bertz CT molecular complexity index is 1080. The third-order valence-corrected chi connectivity index (χ3v) is 3.98. The molecule has 0 fully saturated rings. The van der Waals surface area contributed by atoms with E-state index in [4.69, 9.17) is 0 Å². The lowest BCUT2D eigenvalue weighted by Crippen LogP contribution is -2.19. The third-order valence-electron chi connectivity index (χ3n) is 3.98. The average molecular weight is 350 g/mol. The molecule has 1 amide bonds. The van der Waals surface area contributed by atoms with Crippen LogP contribution < -0.4 is 5.32 Å². The van der Waals surface area contributed by atoms with Gasteiger partial charge in [-0.1, -0.05) is 0 Å². The van der Waals surface area contributed by atoms with Crippen LogP contribution in [0.4, 0.5) is 4.39 Å². The summed E-state index contributed by atoms with van der Waals surface area (Å²) in [5.41, 5.74) is 3.22. The van der Waals surface area contributed by atoms with E-state index < -0.39 is 0 Å². The van der Waals surface area contributed by atoms with E-state index in [-0.39, 0.29) is 18.3 Å². The first-order chi connectivity index (χ1) is 12.6. The van der Waals surface area contributed by atoms with Gasteiger partial charge in [0.2, 0.25) is 5.91 Å². The Balaban J connectivity index is 1.70. The van der Waals surface area contributed by atoms with Crippen LogP contribution in [-0.2, 0) is 11.3 Å². The van der Waals surface area contributed by atoms with Gasteiger partial charge in [0.15, 0.2) is 5.82 Å². The van der Waals surface area contributed by atoms with Crippen LogP contribution in [0.15, 0.2) is 42.5 Å². The molecule has 0 aliphatic heterocycles. The summed E-state index contributed by atoms with van der Waals surface area (Å²) in [7, 11) is 0. The highest BCUT2D eigenvalue weighted by Gasteiger charge is 2.12. The number of amides is 1.